The van der Waals surface area contributed by atoms with Crippen LogP contribution in [-0.4, -0.2) is 12.1 Å². The molecule has 2 rings (SSSR count). The molecule has 0 atom stereocenters. The molecule has 0 aliphatic carbocycles. The van der Waals surface area contributed by atoms with E-state index < -0.39 is 17.5 Å². The number of nitrogens with one attached hydrogen (secondary N) is 1. The molecule has 0 aliphatic heterocycles. The largest absolute Gasteiger partial charge is 0.281 e. The maximum Gasteiger partial charge on any atom is 0.281 e. The molecule has 0 bridgehead atoms. The number of hydrazone groups is 1. The van der Waals surface area contributed by atoms with Crippen LogP contribution in [0.2, 0.25) is 0 Å². The number of halogens is 2. The van der Waals surface area contributed by atoms with E-state index in [2.05, 4.69) is 10.5 Å². The molecule has 1 amide bonds. The van der Waals surface area contributed by atoms with Crippen LogP contribution in [0.25, 0.3) is 0 Å². The van der Waals surface area contributed by atoms with E-state index in [0.717, 1.165) is 12.3 Å². The lowest BCUT2D eigenvalue weighted by atomic mass is 10.2. The third kappa shape index (κ3) is 2.78. The van der Waals surface area contributed by atoms with Crippen LogP contribution in [0.1, 0.15) is 15.2 Å². The minimum atomic E-state index is -0.994. The molecular formula is C12H8F2N2OS. The molecule has 2 aromatic rings. The van der Waals surface area contributed by atoms with Crippen LogP contribution in [0.4, 0.5) is 8.78 Å². The van der Waals surface area contributed by atoms with E-state index in [9.17, 15) is 13.6 Å². The van der Waals surface area contributed by atoms with Crippen molar-refractivity contribution in [3.63, 3.8) is 0 Å². The Balaban J connectivity index is 2.04. The lowest BCUT2D eigenvalue weighted by molar-refractivity contribution is 0.0959. The molecule has 0 radical (unpaired) electrons. The topological polar surface area (TPSA) is 41.5 Å². The Hall–Kier alpha value is -2.08. The minimum absolute atomic E-state index is 0.0264. The van der Waals surface area contributed by atoms with Gasteiger partial charge in [0.25, 0.3) is 5.91 Å². The van der Waals surface area contributed by atoms with E-state index in [1.807, 2.05) is 0 Å². The maximum absolute atomic E-state index is 13.2. The van der Waals surface area contributed by atoms with E-state index in [1.165, 1.54) is 23.5 Å². The Morgan fingerprint density at radius 2 is 2.11 bits per heavy atom. The van der Waals surface area contributed by atoms with E-state index in [1.54, 1.807) is 17.5 Å². The molecule has 0 saturated carbocycles. The summed E-state index contributed by atoms with van der Waals surface area (Å²) in [5.74, 6) is -2.34. The molecule has 1 N–H and O–H groups in total. The van der Waals surface area contributed by atoms with Crippen molar-refractivity contribution in [1.29, 1.82) is 0 Å². The van der Waals surface area contributed by atoms with Crippen molar-refractivity contribution in [3.8, 4) is 0 Å². The Morgan fingerprint density at radius 3 is 2.83 bits per heavy atom. The smallest absolute Gasteiger partial charge is 0.266 e. The van der Waals surface area contributed by atoms with Crippen molar-refractivity contribution < 1.29 is 13.6 Å². The molecule has 1 aromatic carbocycles. The fourth-order valence-electron chi connectivity index (χ4n) is 1.24. The van der Waals surface area contributed by atoms with Gasteiger partial charge < -0.3 is 0 Å². The normalized spacial score (nSPS) is 10.8. The number of nitrogens with zero attached hydrogens (tertiary/aromatic N) is 1. The van der Waals surface area contributed by atoms with Gasteiger partial charge in [0.05, 0.1) is 11.1 Å². The van der Waals surface area contributed by atoms with Crippen LogP contribution in [0.5, 0.6) is 0 Å². The fourth-order valence-corrected chi connectivity index (χ4v) is 1.86. The Morgan fingerprint density at radius 1 is 1.28 bits per heavy atom. The number of carbonyl (C=O) groups excluding carboxylic acids is 1. The van der Waals surface area contributed by atoms with E-state index in [0.29, 0.717) is 4.88 Å². The molecule has 6 heteroatoms. The summed E-state index contributed by atoms with van der Waals surface area (Å²) in [5, 5.41) is 5.33. The summed E-state index contributed by atoms with van der Waals surface area (Å²) >= 11 is 1.26. The zero-order chi connectivity index (χ0) is 13.0. The average Bonchev–Trinajstić information content (AvgIpc) is 2.88. The first kappa shape index (κ1) is 12.4. The Kier molecular flexibility index (Phi) is 3.78. The second kappa shape index (κ2) is 5.50. The van der Waals surface area contributed by atoms with Gasteiger partial charge in [0, 0.05) is 5.56 Å². The Bertz CT molecular complexity index is 582. The van der Waals surface area contributed by atoms with Gasteiger partial charge in [-0.1, -0.05) is 18.2 Å². The van der Waals surface area contributed by atoms with Gasteiger partial charge in [0.15, 0.2) is 11.6 Å². The summed E-state index contributed by atoms with van der Waals surface area (Å²) in [7, 11) is 0. The van der Waals surface area contributed by atoms with E-state index in [4.69, 9.17) is 0 Å². The number of hydrogen-bond donors (Lipinski definition) is 1. The monoisotopic (exact) mass is 266 g/mol. The van der Waals surface area contributed by atoms with Crippen LogP contribution in [0, 0.1) is 11.6 Å². The standard InChI is InChI=1S/C12H8F2N2OS/c13-9-4-1-3-8(11(9)14)7-15-16-12(17)10-5-2-6-18-10/h1-7H,(H,16,17)/b15-7+. The number of carbonyl (C=O) groups is 1. The van der Waals surface area contributed by atoms with Crippen molar-refractivity contribution in [2.75, 3.05) is 0 Å². The predicted molar refractivity (Wildman–Crippen MR) is 65.7 cm³/mol. The predicted octanol–water partition coefficient (Wildman–Crippen LogP) is 2.79. The number of amides is 1. The second-order valence-electron chi connectivity index (χ2n) is 3.32. The van der Waals surface area contributed by atoms with Crippen molar-refractivity contribution >= 4 is 23.5 Å². The first-order valence-corrected chi connectivity index (χ1v) is 5.87. The van der Waals surface area contributed by atoms with Crippen molar-refractivity contribution in [1.82, 2.24) is 5.43 Å². The molecule has 3 nitrogen and oxygen atoms in total. The van der Waals surface area contributed by atoms with Gasteiger partial charge in [0.2, 0.25) is 0 Å². The van der Waals surface area contributed by atoms with Gasteiger partial charge in [-0.05, 0) is 17.5 Å². The first-order chi connectivity index (χ1) is 8.68. The van der Waals surface area contributed by atoms with E-state index >= 15 is 0 Å². The van der Waals surface area contributed by atoms with Crippen LogP contribution in [0.3, 0.4) is 0 Å². The van der Waals surface area contributed by atoms with Crippen LogP contribution in [-0.2, 0) is 0 Å². The molecule has 1 heterocycles. The molecule has 0 saturated heterocycles. The molecule has 0 fully saturated rings. The number of hydrogen-bond acceptors (Lipinski definition) is 3. The highest BCUT2D eigenvalue weighted by Crippen LogP contribution is 2.09. The lowest BCUT2D eigenvalue weighted by Gasteiger charge is -1.98. The van der Waals surface area contributed by atoms with Gasteiger partial charge in [-0.2, -0.15) is 5.10 Å². The summed E-state index contributed by atoms with van der Waals surface area (Å²) in [6.07, 6.45) is 1.06. The molecule has 0 aliphatic rings. The van der Waals surface area contributed by atoms with Gasteiger partial charge in [-0.3, -0.25) is 4.79 Å². The highest BCUT2D eigenvalue weighted by atomic mass is 32.1. The number of benzene rings is 1. The minimum Gasteiger partial charge on any atom is -0.266 e. The quantitative estimate of drug-likeness (QED) is 0.673. The second-order valence-corrected chi connectivity index (χ2v) is 4.27. The highest BCUT2D eigenvalue weighted by Gasteiger charge is 2.06. The van der Waals surface area contributed by atoms with Gasteiger partial charge >= 0.3 is 0 Å². The van der Waals surface area contributed by atoms with Crippen LogP contribution < -0.4 is 5.43 Å². The first-order valence-electron chi connectivity index (χ1n) is 4.99. The summed E-state index contributed by atoms with van der Waals surface area (Å²) < 4.78 is 26.1. The number of rotatable bonds is 3. The summed E-state index contributed by atoms with van der Waals surface area (Å²) in [6, 6.07) is 7.10. The molecule has 18 heavy (non-hydrogen) atoms. The summed E-state index contributed by atoms with van der Waals surface area (Å²) in [5.41, 5.74) is 2.21. The van der Waals surface area contributed by atoms with Crippen molar-refractivity contribution in [3.05, 3.63) is 57.8 Å². The van der Waals surface area contributed by atoms with E-state index in [-0.39, 0.29) is 5.56 Å². The highest BCUT2D eigenvalue weighted by molar-refractivity contribution is 7.12. The van der Waals surface area contributed by atoms with Gasteiger partial charge in [-0.15, -0.1) is 11.3 Å². The van der Waals surface area contributed by atoms with Crippen LogP contribution in [0.15, 0.2) is 40.8 Å². The van der Waals surface area contributed by atoms with Gasteiger partial charge in [0.1, 0.15) is 0 Å². The third-order valence-electron chi connectivity index (χ3n) is 2.10. The fraction of sp³-hybridized carbons (Fsp3) is 0. The molecular weight excluding hydrogens is 258 g/mol. The van der Waals surface area contributed by atoms with Crippen LogP contribution >= 0.6 is 11.3 Å². The van der Waals surface area contributed by atoms with Crippen molar-refractivity contribution in [2.45, 2.75) is 0 Å². The SMILES string of the molecule is O=C(N/N=C/c1cccc(F)c1F)c1cccs1. The molecule has 0 unspecified atom stereocenters. The van der Waals surface area contributed by atoms with Gasteiger partial charge in [-0.25, -0.2) is 14.2 Å². The van der Waals surface area contributed by atoms with Crippen molar-refractivity contribution in [2.24, 2.45) is 5.10 Å². The number of thiophene rings is 1. The Labute approximate surface area is 106 Å². The lowest BCUT2D eigenvalue weighted by Crippen LogP contribution is -2.16. The average molecular weight is 266 g/mol. The summed E-state index contributed by atoms with van der Waals surface area (Å²) in [4.78, 5) is 12.0. The summed E-state index contributed by atoms with van der Waals surface area (Å²) in [6.45, 7) is 0. The molecule has 0 spiro atoms. The molecule has 92 valence electrons. The molecule has 1 aromatic heterocycles. The zero-order valence-electron chi connectivity index (χ0n) is 9.06. The maximum atomic E-state index is 13.2. The zero-order valence-corrected chi connectivity index (χ0v) is 9.88. The third-order valence-corrected chi connectivity index (χ3v) is 2.96.